The third-order valence-corrected chi connectivity index (χ3v) is 6.77. The Morgan fingerprint density at radius 2 is 1.36 bits per heavy atom. The molecule has 0 bridgehead atoms. The van der Waals surface area contributed by atoms with Gasteiger partial charge in [0.05, 0.1) is 0 Å². The molecule has 1 amide bonds. The number of hydrogen-bond donors (Lipinski definition) is 0. The van der Waals surface area contributed by atoms with E-state index in [1.807, 2.05) is 7.05 Å². The van der Waals surface area contributed by atoms with E-state index in [0.717, 1.165) is 13.1 Å². The van der Waals surface area contributed by atoms with Crippen LogP contribution in [-0.2, 0) is 10.2 Å². The van der Waals surface area contributed by atoms with E-state index in [1.165, 1.54) is 32.9 Å². The van der Waals surface area contributed by atoms with Crippen LogP contribution in [0.5, 0.6) is 0 Å². The Morgan fingerprint density at radius 3 is 1.88 bits per heavy atom. The molecule has 2 heterocycles. The zero-order valence-electron chi connectivity index (χ0n) is 14.3. The fraction of sp³-hybridized carbons (Fsp3) is 0.562. The zero-order chi connectivity index (χ0) is 18.0. The summed E-state index contributed by atoms with van der Waals surface area (Å²) in [7, 11) is -1.50. The molecule has 1 aromatic carbocycles. The van der Waals surface area contributed by atoms with E-state index in [2.05, 4.69) is 4.90 Å². The van der Waals surface area contributed by atoms with Crippen LogP contribution in [-0.4, -0.2) is 92.1 Å². The van der Waals surface area contributed by atoms with Crippen molar-refractivity contribution in [1.29, 1.82) is 0 Å². The highest BCUT2D eigenvalue weighted by molar-refractivity contribution is 7.86. The number of carbonyl (C=O) groups is 1. The van der Waals surface area contributed by atoms with Gasteiger partial charge in [0.1, 0.15) is 5.82 Å². The minimum atomic E-state index is -3.48. The van der Waals surface area contributed by atoms with E-state index in [9.17, 15) is 17.6 Å². The summed E-state index contributed by atoms with van der Waals surface area (Å²) < 4.78 is 41.4. The van der Waals surface area contributed by atoms with Crippen LogP contribution in [0.25, 0.3) is 0 Å². The minimum Gasteiger partial charge on any atom is -0.336 e. The van der Waals surface area contributed by atoms with E-state index < -0.39 is 10.2 Å². The molecule has 2 fully saturated rings. The standard InChI is InChI=1S/C16H23FN4O3S/c1-18-6-10-20(11-7-18)25(23,24)21-12-8-19(9-13-21)16(22)14-2-4-15(17)5-3-14/h2-5H,6-13H2,1H3. The highest BCUT2D eigenvalue weighted by atomic mass is 32.2. The molecular formula is C16H23FN4O3S. The number of piperazine rings is 2. The maximum atomic E-state index is 13.0. The van der Waals surface area contributed by atoms with Crippen molar-refractivity contribution in [2.75, 3.05) is 59.4 Å². The minimum absolute atomic E-state index is 0.198. The fourth-order valence-electron chi connectivity index (χ4n) is 3.08. The molecule has 138 valence electrons. The van der Waals surface area contributed by atoms with Crippen LogP contribution in [0.15, 0.2) is 24.3 Å². The third kappa shape index (κ3) is 4.00. The van der Waals surface area contributed by atoms with Gasteiger partial charge >= 0.3 is 0 Å². The van der Waals surface area contributed by atoms with Crippen LogP contribution in [0.1, 0.15) is 10.4 Å². The van der Waals surface area contributed by atoms with Gasteiger partial charge in [0.25, 0.3) is 16.1 Å². The second-order valence-electron chi connectivity index (χ2n) is 6.41. The average molecular weight is 370 g/mol. The summed E-state index contributed by atoms with van der Waals surface area (Å²) in [6.45, 7) is 3.67. The first-order chi connectivity index (χ1) is 11.9. The van der Waals surface area contributed by atoms with Crippen molar-refractivity contribution in [3.8, 4) is 0 Å². The largest absolute Gasteiger partial charge is 0.336 e. The summed E-state index contributed by atoms with van der Waals surface area (Å²) in [5.74, 6) is -0.587. The van der Waals surface area contributed by atoms with Crippen molar-refractivity contribution in [2.24, 2.45) is 0 Å². The van der Waals surface area contributed by atoms with Crippen LogP contribution < -0.4 is 0 Å². The fourth-order valence-corrected chi connectivity index (χ4v) is 4.66. The first-order valence-corrected chi connectivity index (χ1v) is 9.76. The normalized spacial score (nSPS) is 21.4. The van der Waals surface area contributed by atoms with E-state index in [1.54, 1.807) is 4.90 Å². The number of rotatable bonds is 3. The van der Waals surface area contributed by atoms with Gasteiger partial charge in [0.2, 0.25) is 0 Å². The maximum Gasteiger partial charge on any atom is 0.282 e. The van der Waals surface area contributed by atoms with Gasteiger partial charge in [0, 0.05) is 57.9 Å². The molecule has 0 saturated carbocycles. The molecule has 2 saturated heterocycles. The van der Waals surface area contributed by atoms with Crippen molar-refractivity contribution >= 4 is 16.1 Å². The van der Waals surface area contributed by atoms with Gasteiger partial charge < -0.3 is 9.80 Å². The van der Waals surface area contributed by atoms with E-state index in [4.69, 9.17) is 0 Å². The second kappa shape index (κ2) is 7.36. The van der Waals surface area contributed by atoms with Crippen LogP contribution >= 0.6 is 0 Å². The molecule has 1 aromatic rings. The van der Waals surface area contributed by atoms with Crippen molar-refractivity contribution in [2.45, 2.75) is 0 Å². The Bertz CT molecular complexity index is 709. The number of nitrogens with zero attached hydrogens (tertiary/aromatic N) is 4. The molecule has 0 unspecified atom stereocenters. The highest BCUT2D eigenvalue weighted by Gasteiger charge is 2.34. The number of halogens is 1. The predicted octanol–water partition coefficient (Wildman–Crippen LogP) is 0.0757. The summed E-state index contributed by atoms with van der Waals surface area (Å²) in [5, 5.41) is 0. The van der Waals surface area contributed by atoms with Gasteiger partial charge in [-0.3, -0.25) is 4.79 Å². The molecule has 2 aliphatic rings. The van der Waals surface area contributed by atoms with Crippen LogP contribution in [0.3, 0.4) is 0 Å². The Morgan fingerprint density at radius 1 is 0.880 bits per heavy atom. The lowest BCUT2D eigenvalue weighted by Crippen LogP contribution is -2.57. The van der Waals surface area contributed by atoms with Crippen LogP contribution in [0, 0.1) is 5.82 Å². The lowest BCUT2D eigenvalue weighted by molar-refractivity contribution is 0.0692. The molecule has 0 radical (unpaired) electrons. The van der Waals surface area contributed by atoms with Gasteiger partial charge in [-0.1, -0.05) is 0 Å². The van der Waals surface area contributed by atoms with Gasteiger partial charge in [-0.2, -0.15) is 17.0 Å². The summed E-state index contributed by atoms with van der Waals surface area (Å²) in [6.07, 6.45) is 0. The molecule has 9 heteroatoms. The second-order valence-corrected chi connectivity index (χ2v) is 8.34. The number of likely N-dealkylation sites (N-methyl/N-ethyl adjacent to an activating group) is 1. The SMILES string of the molecule is CN1CCN(S(=O)(=O)N2CCN(C(=O)c3ccc(F)cc3)CC2)CC1. The number of carbonyl (C=O) groups excluding carboxylic acids is 1. The molecular weight excluding hydrogens is 347 g/mol. The Balaban J connectivity index is 1.59. The topological polar surface area (TPSA) is 64.2 Å². The monoisotopic (exact) mass is 370 g/mol. The quantitative estimate of drug-likeness (QED) is 0.756. The van der Waals surface area contributed by atoms with Gasteiger partial charge in [-0.25, -0.2) is 4.39 Å². The molecule has 3 rings (SSSR count). The van der Waals surface area contributed by atoms with Gasteiger partial charge in [-0.15, -0.1) is 0 Å². The first-order valence-electron chi connectivity index (χ1n) is 8.36. The van der Waals surface area contributed by atoms with Crippen molar-refractivity contribution in [1.82, 2.24) is 18.4 Å². The van der Waals surface area contributed by atoms with Crippen molar-refractivity contribution in [3.63, 3.8) is 0 Å². The van der Waals surface area contributed by atoms with Crippen molar-refractivity contribution in [3.05, 3.63) is 35.6 Å². The van der Waals surface area contributed by atoms with Crippen LogP contribution in [0.2, 0.25) is 0 Å². The third-order valence-electron chi connectivity index (χ3n) is 4.73. The molecule has 25 heavy (non-hydrogen) atoms. The lowest BCUT2D eigenvalue weighted by Gasteiger charge is -2.39. The van der Waals surface area contributed by atoms with E-state index in [0.29, 0.717) is 31.7 Å². The number of amides is 1. The Labute approximate surface area is 147 Å². The number of hydrogen-bond acceptors (Lipinski definition) is 4. The summed E-state index contributed by atoms with van der Waals surface area (Å²) in [5.41, 5.74) is 0.414. The molecule has 0 N–H and O–H groups in total. The molecule has 7 nitrogen and oxygen atoms in total. The average Bonchev–Trinajstić information content (AvgIpc) is 2.62. The van der Waals surface area contributed by atoms with Crippen molar-refractivity contribution < 1.29 is 17.6 Å². The Hall–Kier alpha value is -1.55. The molecule has 0 aromatic heterocycles. The molecule has 2 aliphatic heterocycles. The summed E-state index contributed by atoms with van der Waals surface area (Å²) >= 11 is 0. The maximum absolute atomic E-state index is 13.0. The molecule has 0 atom stereocenters. The molecule has 0 aliphatic carbocycles. The summed E-state index contributed by atoms with van der Waals surface area (Å²) in [6, 6.07) is 5.40. The lowest BCUT2D eigenvalue weighted by atomic mass is 10.2. The van der Waals surface area contributed by atoms with Crippen LogP contribution in [0.4, 0.5) is 4.39 Å². The zero-order valence-corrected chi connectivity index (χ0v) is 15.1. The van der Waals surface area contributed by atoms with Gasteiger partial charge in [0.15, 0.2) is 0 Å². The van der Waals surface area contributed by atoms with E-state index in [-0.39, 0.29) is 24.8 Å². The predicted molar refractivity (Wildman–Crippen MR) is 91.9 cm³/mol. The molecule has 0 spiro atoms. The smallest absolute Gasteiger partial charge is 0.282 e. The van der Waals surface area contributed by atoms with E-state index >= 15 is 0 Å². The highest BCUT2D eigenvalue weighted by Crippen LogP contribution is 2.16. The van der Waals surface area contributed by atoms with Gasteiger partial charge in [-0.05, 0) is 31.3 Å². The summed E-state index contributed by atoms with van der Waals surface area (Å²) in [4.78, 5) is 16.1. The number of benzene rings is 1. The first kappa shape index (κ1) is 18.2. The Kier molecular flexibility index (Phi) is 5.38.